The average molecular weight is 265 g/mol. The predicted molar refractivity (Wildman–Crippen MR) is 54.0 cm³/mol. The molecule has 0 amide bonds. The molecule has 2 atom stereocenters. The third kappa shape index (κ3) is 3.13. The van der Waals surface area contributed by atoms with Gasteiger partial charge in [0.05, 0.1) is 0 Å². The SMILES string of the molecule is O=[Se](CC1CCCO1)CC1CCCO1. The Hall–Kier alpha value is 0.239. The molecule has 2 saturated heterocycles. The first-order valence-corrected chi connectivity index (χ1v) is 8.55. The van der Waals surface area contributed by atoms with Crippen LogP contribution in [0.5, 0.6) is 0 Å². The summed E-state index contributed by atoms with van der Waals surface area (Å²) in [6, 6.07) is 0. The Kier molecular flexibility index (Phi) is 4.11. The van der Waals surface area contributed by atoms with Gasteiger partial charge in [-0.3, -0.25) is 0 Å². The number of hydrogen-bond donors (Lipinski definition) is 0. The Morgan fingerprint density at radius 2 is 1.50 bits per heavy atom. The molecule has 3 nitrogen and oxygen atoms in total. The molecule has 0 bridgehead atoms. The maximum atomic E-state index is 11.8. The van der Waals surface area contributed by atoms with Crippen LogP contribution in [0.15, 0.2) is 0 Å². The summed E-state index contributed by atoms with van der Waals surface area (Å²) in [5.41, 5.74) is 0. The zero-order chi connectivity index (χ0) is 9.80. The molecule has 2 aliphatic heterocycles. The van der Waals surface area contributed by atoms with Gasteiger partial charge in [0.1, 0.15) is 0 Å². The van der Waals surface area contributed by atoms with Crippen molar-refractivity contribution in [1.29, 1.82) is 0 Å². The molecule has 4 heteroatoms. The van der Waals surface area contributed by atoms with E-state index in [1.54, 1.807) is 0 Å². The van der Waals surface area contributed by atoms with Crippen LogP contribution in [0.1, 0.15) is 25.7 Å². The topological polar surface area (TPSA) is 35.5 Å². The van der Waals surface area contributed by atoms with Crippen LogP contribution in [0.4, 0.5) is 0 Å². The van der Waals surface area contributed by atoms with Crippen molar-refractivity contribution in [1.82, 2.24) is 0 Å². The summed E-state index contributed by atoms with van der Waals surface area (Å²) in [5, 5.41) is 1.61. The van der Waals surface area contributed by atoms with Crippen LogP contribution in [-0.4, -0.2) is 39.3 Å². The second kappa shape index (κ2) is 5.36. The fourth-order valence-corrected chi connectivity index (χ4v) is 5.16. The van der Waals surface area contributed by atoms with E-state index in [-0.39, 0.29) is 0 Å². The minimum absolute atomic E-state index is 0.291. The molecule has 0 aromatic heterocycles. The van der Waals surface area contributed by atoms with E-state index in [1.807, 2.05) is 0 Å². The summed E-state index contributed by atoms with van der Waals surface area (Å²) < 4.78 is 22.8. The first kappa shape index (κ1) is 10.7. The van der Waals surface area contributed by atoms with E-state index in [0.29, 0.717) is 12.2 Å². The van der Waals surface area contributed by atoms with Crippen LogP contribution in [0.25, 0.3) is 0 Å². The van der Waals surface area contributed by atoms with Crippen LogP contribution < -0.4 is 0 Å². The molecule has 0 aromatic rings. The van der Waals surface area contributed by atoms with Gasteiger partial charge in [0.15, 0.2) is 0 Å². The van der Waals surface area contributed by atoms with Crippen molar-refractivity contribution in [2.75, 3.05) is 13.2 Å². The standard InChI is InChI=1S/C10H18O3Se/c11-14(7-9-3-1-5-12-9)8-10-4-2-6-13-10/h9-10H,1-8H2. The van der Waals surface area contributed by atoms with Gasteiger partial charge < -0.3 is 0 Å². The van der Waals surface area contributed by atoms with Gasteiger partial charge in [0, 0.05) is 0 Å². The normalized spacial score (nSPS) is 34.9. The van der Waals surface area contributed by atoms with E-state index in [9.17, 15) is 3.83 Å². The first-order chi connectivity index (χ1) is 6.84. The fraction of sp³-hybridized carbons (Fsp3) is 1.00. The van der Waals surface area contributed by atoms with Crippen molar-refractivity contribution in [3.8, 4) is 0 Å². The summed E-state index contributed by atoms with van der Waals surface area (Å²) in [6.07, 6.45) is 5.08. The van der Waals surface area contributed by atoms with E-state index in [2.05, 4.69) is 0 Å². The molecule has 0 radical (unpaired) electrons. The van der Waals surface area contributed by atoms with Gasteiger partial charge in [-0.05, 0) is 0 Å². The number of rotatable bonds is 4. The Morgan fingerprint density at radius 1 is 1.00 bits per heavy atom. The van der Waals surface area contributed by atoms with E-state index >= 15 is 0 Å². The van der Waals surface area contributed by atoms with Crippen LogP contribution in [-0.2, 0) is 13.3 Å². The van der Waals surface area contributed by atoms with Crippen LogP contribution in [0.3, 0.4) is 0 Å². The second-order valence-corrected chi connectivity index (χ2v) is 7.29. The third-order valence-corrected chi connectivity index (χ3v) is 5.91. The number of ether oxygens (including phenoxy) is 2. The molecule has 14 heavy (non-hydrogen) atoms. The fourth-order valence-electron chi connectivity index (χ4n) is 2.03. The van der Waals surface area contributed by atoms with Gasteiger partial charge in [-0.2, -0.15) is 0 Å². The monoisotopic (exact) mass is 266 g/mol. The Morgan fingerprint density at radius 3 is 1.86 bits per heavy atom. The molecule has 2 fully saturated rings. The molecule has 0 N–H and O–H groups in total. The summed E-state index contributed by atoms with van der Waals surface area (Å²) in [7, 11) is 0. The van der Waals surface area contributed by atoms with Crippen LogP contribution in [0.2, 0.25) is 10.6 Å². The van der Waals surface area contributed by atoms with Crippen molar-refractivity contribution in [2.45, 2.75) is 48.5 Å². The summed E-state index contributed by atoms with van der Waals surface area (Å²) in [5.74, 6) is 0. The van der Waals surface area contributed by atoms with E-state index in [1.165, 1.54) is 0 Å². The first-order valence-electron chi connectivity index (χ1n) is 5.43. The second-order valence-electron chi connectivity index (χ2n) is 4.04. The zero-order valence-electron chi connectivity index (χ0n) is 8.44. The Balaban J connectivity index is 1.66. The molecule has 0 aliphatic carbocycles. The van der Waals surface area contributed by atoms with E-state index < -0.39 is 13.8 Å². The van der Waals surface area contributed by atoms with Crippen molar-refractivity contribution in [3.05, 3.63) is 0 Å². The molecule has 2 unspecified atom stereocenters. The van der Waals surface area contributed by atoms with Gasteiger partial charge >= 0.3 is 88.9 Å². The van der Waals surface area contributed by atoms with Crippen LogP contribution >= 0.6 is 0 Å². The quantitative estimate of drug-likeness (QED) is 0.727. The third-order valence-electron chi connectivity index (χ3n) is 2.79. The predicted octanol–water partition coefficient (Wildman–Crippen LogP) is 1.77. The molecular formula is C10H18O3Se. The Labute approximate surface area is 89.2 Å². The van der Waals surface area contributed by atoms with Gasteiger partial charge in [0.2, 0.25) is 0 Å². The summed E-state index contributed by atoms with van der Waals surface area (Å²) >= 11 is -1.68. The molecule has 0 aromatic carbocycles. The Bertz CT molecular complexity index is 176. The molecule has 0 spiro atoms. The van der Waals surface area contributed by atoms with Crippen molar-refractivity contribution >= 4 is 13.8 Å². The molecular weight excluding hydrogens is 247 g/mol. The van der Waals surface area contributed by atoms with E-state index in [4.69, 9.17) is 9.47 Å². The molecule has 2 aliphatic rings. The van der Waals surface area contributed by atoms with E-state index in [0.717, 1.165) is 49.5 Å². The molecule has 2 heterocycles. The van der Waals surface area contributed by atoms with Gasteiger partial charge in [-0.1, -0.05) is 0 Å². The molecule has 0 saturated carbocycles. The average Bonchev–Trinajstić information content (AvgIpc) is 2.76. The van der Waals surface area contributed by atoms with Gasteiger partial charge in [-0.15, -0.1) is 0 Å². The van der Waals surface area contributed by atoms with Crippen LogP contribution in [0, 0.1) is 0 Å². The molecule has 82 valence electrons. The molecule has 2 rings (SSSR count). The maximum absolute atomic E-state index is 11.8. The minimum atomic E-state index is -1.68. The van der Waals surface area contributed by atoms with Crippen molar-refractivity contribution < 1.29 is 13.3 Å². The van der Waals surface area contributed by atoms with Gasteiger partial charge in [-0.25, -0.2) is 0 Å². The zero-order valence-corrected chi connectivity index (χ0v) is 10.2. The van der Waals surface area contributed by atoms with Crippen molar-refractivity contribution in [3.63, 3.8) is 0 Å². The van der Waals surface area contributed by atoms with Gasteiger partial charge in [0.25, 0.3) is 0 Å². The van der Waals surface area contributed by atoms with Crippen molar-refractivity contribution in [2.24, 2.45) is 0 Å². The summed E-state index contributed by atoms with van der Waals surface area (Å²) in [4.78, 5) is 0. The number of hydrogen-bond acceptors (Lipinski definition) is 3. The summed E-state index contributed by atoms with van der Waals surface area (Å²) in [6.45, 7) is 1.73.